The molecule has 0 saturated carbocycles. The van der Waals surface area contributed by atoms with E-state index in [2.05, 4.69) is 22.2 Å². The monoisotopic (exact) mass is 473 g/mol. The molecule has 1 saturated heterocycles. The van der Waals surface area contributed by atoms with Gasteiger partial charge in [-0.3, -0.25) is 14.6 Å². The standard InChI is InChI=1S/C28H31N3O4/c1-30(19-21-6-5-7-22(18-21)28(33)34)24-14-16-31(17-15-24)20-27(32)29-23-10-12-26(13-11-23)35-25-8-3-2-4-9-25/h2-13,18,24H,14-17,19-20H2,1H3,(H,29,32)(H,33,34). The van der Waals surface area contributed by atoms with E-state index in [1.165, 1.54) is 0 Å². The quantitative estimate of drug-likeness (QED) is 0.468. The number of para-hydroxylation sites is 1. The van der Waals surface area contributed by atoms with Crippen molar-refractivity contribution in [3.05, 3.63) is 90.0 Å². The minimum absolute atomic E-state index is 0.0287. The van der Waals surface area contributed by atoms with Gasteiger partial charge in [0.25, 0.3) is 0 Å². The molecule has 0 unspecified atom stereocenters. The molecule has 182 valence electrons. The van der Waals surface area contributed by atoms with Gasteiger partial charge >= 0.3 is 5.97 Å². The first-order valence-electron chi connectivity index (χ1n) is 11.8. The van der Waals surface area contributed by atoms with Gasteiger partial charge in [0.15, 0.2) is 0 Å². The van der Waals surface area contributed by atoms with Gasteiger partial charge in [-0.05, 0) is 74.0 Å². The fourth-order valence-corrected chi connectivity index (χ4v) is 4.37. The third-order valence-corrected chi connectivity index (χ3v) is 6.27. The zero-order chi connectivity index (χ0) is 24.6. The van der Waals surface area contributed by atoms with Gasteiger partial charge in [-0.25, -0.2) is 4.79 Å². The predicted octanol–water partition coefficient (Wildman–Crippen LogP) is 4.71. The van der Waals surface area contributed by atoms with E-state index >= 15 is 0 Å². The Morgan fingerprint density at radius 2 is 1.66 bits per heavy atom. The summed E-state index contributed by atoms with van der Waals surface area (Å²) in [4.78, 5) is 28.2. The zero-order valence-corrected chi connectivity index (χ0v) is 19.9. The van der Waals surface area contributed by atoms with Crippen LogP contribution in [0.3, 0.4) is 0 Å². The Hall–Kier alpha value is -3.68. The number of aromatic carboxylic acids is 1. The third kappa shape index (κ3) is 7.15. The Morgan fingerprint density at radius 3 is 2.34 bits per heavy atom. The van der Waals surface area contributed by atoms with E-state index < -0.39 is 5.97 Å². The summed E-state index contributed by atoms with van der Waals surface area (Å²) in [6.45, 7) is 2.76. The van der Waals surface area contributed by atoms with Crippen LogP contribution in [0.25, 0.3) is 0 Å². The van der Waals surface area contributed by atoms with Gasteiger partial charge in [0.1, 0.15) is 11.5 Å². The minimum atomic E-state index is -0.905. The molecule has 0 spiro atoms. The average molecular weight is 474 g/mol. The molecule has 1 aliphatic heterocycles. The molecule has 1 aliphatic rings. The number of carbonyl (C=O) groups excluding carboxylic acids is 1. The second-order valence-electron chi connectivity index (χ2n) is 8.92. The highest BCUT2D eigenvalue weighted by Crippen LogP contribution is 2.23. The molecule has 7 heteroatoms. The second-order valence-corrected chi connectivity index (χ2v) is 8.92. The average Bonchev–Trinajstić information content (AvgIpc) is 2.86. The molecule has 3 aromatic rings. The normalized spacial score (nSPS) is 14.6. The molecule has 1 amide bonds. The van der Waals surface area contributed by atoms with Crippen LogP contribution in [0.2, 0.25) is 0 Å². The van der Waals surface area contributed by atoms with Crippen molar-refractivity contribution in [3.63, 3.8) is 0 Å². The van der Waals surface area contributed by atoms with E-state index in [4.69, 9.17) is 4.74 Å². The maximum Gasteiger partial charge on any atom is 0.335 e. The van der Waals surface area contributed by atoms with Crippen molar-refractivity contribution in [1.29, 1.82) is 0 Å². The topological polar surface area (TPSA) is 82.1 Å². The first-order valence-corrected chi connectivity index (χ1v) is 11.8. The van der Waals surface area contributed by atoms with Crippen LogP contribution in [0.15, 0.2) is 78.9 Å². The molecule has 1 heterocycles. The molecule has 35 heavy (non-hydrogen) atoms. The van der Waals surface area contributed by atoms with Crippen LogP contribution in [0.5, 0.6) is 11.5 Å². The van der Waals surface area contributed by atoms with E-state index in [1.54, 1.807) is 18.2 Å². The molecular weight excluding hydrogens is 442 g/mol. The summed E-state index contributed by atoms with van der Waals surface area (Å²) in [6, 6.07) is 24.5. The van der Waals surface area contributed by atoms with E-state index in [1.807, 2.05) is 60.7 Å². The van der Waals surface area contributed by atoms with Crippen molar-refractivity contribution < 1.29 is 19.4 Å². The SMILES string of the molecule is CN(Cc1cccc(C(=O)O)c1)C1CCN(CC(=O)Nc2ccc(Oc3ccccc3)cc2)CC1. The lowest BCUT2D eigenvalue weighted by Gasteiger charge is -2.36. The lowest BCUT2D eigenvalue weighted by molar-refractivity contribution is -0.117. The van der Waals surface area contributed by atoms with Gasteiger partial charge in [0, 0.05) is 31.4 Å². The highest BCUT2D eigenvalue weighted by Gasteiger charge is 2.24. The Balaban J connectivity index is 1.20. The molecule has 0 aliphatic carbocycles. The molecule has 1 fully saturated rings. The summed E-state index contributed by atoms with van der Waals surface area (Å²) in [6.07, 6.45) is 1.93. The van der Waals surface area contributed by atoms with Crippen molar-refractivity contribution in [1.82, 2.24) is 9.80 Å². The summed E-state index contributed by atoms with van der Waals surface area (Å²) in [5.74, 6) is 0.554. The van der Waals surface area contributed by atoms with Crippen LogP contribution >= 0.6 is 0 Å². The maximum atomic E-state index is 12.6. The Bertz CT molecular complexity index is 1130. The van der Waals surface area contributed by atoms with Gasteiger partial charge in [-0.2, -0.15) is 0 Å². The maximum absolute atomic E-state index is 12.6. The van der Waals surface area contributed by atoms with Crippen molar-refractivity contribution in [2.45, 2.75) is 25.4 Å². The highest BCUT2D eigenvalue weighted by molar-refractivity contribution is 5.92. The van der Waals surface area contributed by atoms with Crippen LogP contribution in [0.1, 0.15) is 28.8 Å². The molecule has 0 radical (unpaired) electrons. The largest absolute Gasteiger partial charge is 0.478 e. The predicted molar refractivity (Wildman–Crippen MR) is 136 cm³/mol. The smallest absolute Gasteiger partial charge is 0.335 e. The number of rotatable bonds is 9. The molecule has 0 aromatic heterocycles. The Kier molecular flexibility index (Phi) is 8.13. The Labute approximate surface area is 205 Å². The van der Waals surface area contributed by atoms with Crippen LogP contribution in [-0.4, -0.2) is 59.5 Å². The first-order chi connectivity index (χ1) is 17.0. The number of amides is 1. The third-order valence-electron chi connectivity index (χ3n) is 6.27. The molecule has 3 aromatic carbocycles. The second kappa shape index (κ2) is 11.6. The lowest BCUT2D eigenvalue weighted by atomic mass is 10.0. The fourth-order valence-electron chi connectivity index (χ4n) is 4.37. The number of nitrogens with zero attached hydrogens (tertiary/aromatic N) is 2. The number of carboxylic acid groups (broad SMARTS) is 1. The van der Waals surface area contributed by atoms with Gasteiger partial charge in [-0.15, -0.1) is 0 Å². The van der Waals surface area contributed by atoms with Crippen molar-refractivity contribution in [2.24, 2.45) is 0 Å². The number of carboxylic acids is 1. The number of benzene rings is 3. The fraction of sp³-hybridized carbons (Fsp3) is 0.286. The molecule has 2 N–H and O–H groups in total. The zero-order valence-electron chi connectivity index (χ0n) is 19.9. The first kappa shape index (κ1) is 24.4. The Morgan fingerprint density at radius 1 is 0.971 bits per heavy atom. The number of anilines is 1. The molecule has 0 atom stereocenters. The highest BCUT2D eigenvalue weighted by atomic mass is 16.5. The lowest BCUT2D eigenvalue weighted by Crippen LogP contribution is -2.45. The number of likely N-dealkylation sites (tertiary alicyclic amines) is 1. The van der Waals surface area contributed by atoms with E-state index in [0.29, 0.717) is 24.7 Å². The summed E-state index contributed by atoms with van der Waals surface area (Å²) in [7, 11) is 2.08. The van der Waals surface area contributed by atoms with Gasteiger partial charge in [0.2, 0.25) is 5.91 Å². The van der Waals surface area contributed by atoms with Crippen molar-refractivity contribution in [3.8, 4) is 11.5 Å². The number of hydrogen-bond acceptors (Lipinski definition) is 5. The summed E-state index contributed by atoms with van der Waals surface area (Å²) in [5, 5.41) is 12.2. The number of nitrogens with one attached hydrogen (secondary N) is 1. The van der Waals surface area contributed by atoms with Crippen LogP contribution in [-0.2, 0) is 11.3 Å². The van der Waals surface area contributed by atoms with E-state index in [0.717, 1.165) is 48.7 Å². The summed E-state index contributed by atoms with van der Waals surface area (Å²) >= 11 is 0. The van der Waals surface area contributed by atoms with Gasteiger partial charge in [-0.1, -0.05) is 30.3 Å². The van der Waals surface area contributed by atoms with Crippen molar-refractivity contribution in [2.75, 3.05) is 32.0 Å². The number of ether oxygens (including phenoxy) is 1. The minimum Gasteiger partial charge on any atom is -0.478 e. The van der Waals surface area contributed by atoms with Crippen LogP contribution < -0.4 is 10.1 Å². The van der Waals surface area contributed by atoms with Crippen LogP contribution in [0.4, 0.5) is 5.69 Å². The number of hydrogen-bond donors (Lipinski definition) is 2. The van der Waals surface area contributed by atoms with Crippen molar-refractivity contribution >= 4 is 17.6 Å². The number of piperidine rings is 1. The van der Waals surface area contributed by atoms with Gasteiger partial charge < -0.3 is 15.2 Å². The molecule has 4 rings (SSSR count). The summed E-state index contributed by atoms with van der Waals surface area (Å²) in [5.41, 5.74) is 2.05. The molecule has 0 bridgehead atoms. The number of carbonyl (C=O) groups is 2. The van der Waals surface area contributed by atoms with E-state index in [-0.39, 0.29) is 5.91 Å². The van der Waals surface area contributed by atoms with E-state index in [9.17, 15) is 14.7 Å². The summed E-state index contributed by atoms with van der Waals surface area (Å²) < 4.78 is 5.79. The molecular formula is C28H31N3O4. The van der Waals surface area contributed by atoms with Crippen LogP contribution in [0, 0.1) is 0 Å². The molecule has 7 nitrogen and oxygen atoms in total. The van der Waals surface area contributed by atoms with Gasteiger partial charge in [0.05, 0.1) is 12.1 Å².